The minimum atomic E-state index is -0.919. The number of anilines is 1. The van der Waals surface area contributed by atoms with E-state index in [-0.39, 0.29) is 12.0 Å². The Labute approximate surface area is 207 Å². The lowest BCUT2D eigenvalue weighted by atomic mass is 9.94. The molecule has 36 heavy (non-hydrogen) atoms. The number of likely N-dealkylation sites (tertiary alicyclic amines) is 1. The van der Waals surface area contributed by atoms with E-state index in [2.05, 4.69) is 20.6 Å². The molecule has 1 saturated heterocycles. The minimum absolute atomic E-state index is 0.228. The highest BCUT2D eigenvalue weighted by Gasteiger charge is 2.35. The maximum absolute atomic E-state index is 13.9. The zero-order valence-corrected chi connectivity index (χ0v) is 20.0. The molecule has 3 aromatic rings. The second-order valence-corrected chi connectivity index (χ2v) is 8.72. The Hall–Kier alpha value is -3.83. The number of rotatable bonds is 8. The smallest absolute Gasteiger partial charge is 0.320 e. The van der Waals surface area contributed by atoms with Gasteiger partial charge in [-0.3, -0.25) is 19.7 Å². The standard InChI is InChI=1S/C25H28F2N6O3/c1-32-23(12-21(31-32)15-3-5-16(6-4-15)24(28)34)30-25(35)29-22-14-33(9-10-36-2)13-18(22)17-7-8-19(26)20(27)11-17/h3-8,11-12,18,22H,9-10,13-14H2,1-2H3,(H2,28,34)(H2,29,30,35)/t18-,22+/m0/s1. The Bertz CT molecular complexity index is 1250. The molecule has 2 aromatic carbocycles. The number of hydrogen-bond acceptors (Lipinski definition) is 5. The van der Waals surface area contributed by atoms with E-state index in [1.807, 2.05) is 0 Å². The second kappa shape index (κ2) is 10.8. The van der Waals surface area contributed by atoms with E-state index in [0.29, 0.717) is 48.9 Å². The number of aromatic nitrogens is 2. The highest BCUT2D eigenvalue weighted by molar-refractivity contribution is 5.93. The molecule has 1 aliphatic heterocycles. The van der Waals surface area contributed by atoms with Gasteiger partial charge in [0.1, 0.15) is 5.82 Å². The van der Waals surface area contributed by atoms with E-state index in [9.17, 15) is 18.4 Å². The van der Waals surface area contributed by atoms with E-state index < -0.39 is 23.6 Å². The Morgan fingerprint density at radius 1 is 1.11 bits per heavy atom. The molecule has 0 saturated carbocycles. The summed E-state index contributed by atoms with van der Waals surface area (Å²) in [5, 5.41) is 10.2. The summed E-state index contributed by atoms with van der Waals surface area (Å²) in [7, 11) is 3.31. The summed E-state index contributed by atoms with van der Waals surface area (Å²) in [6.45, 7) is 2.26. The van der Waals surface area contributed by atoms with Crippen LogP contribution in [0, 0.1) is 11.6 Å². The van der Waals surface area contributed by atoms with Crippen LogP contribution in [0.2, 0.25) is 0 Å². The predicted molar refractivity (Wildman–Crippen MR) is 131 cm³/mol. The summed E-state index contributed by atoms with van der Waals surface area (Å²) in [6, 6.07) is 11.5. The number of urea groups is 1. The third kappa shape index (κ3) is 5.69. The van der Waals surface area contributed by atoms with E-state index in [1.165, 1.54) is 10.7 Å². The van der Waals surface area contributed by atoms with Gasteiger partial charge in [0.2, 0.25) is 5.91 Å². The molecule has 0 spiro atoms. The van der Waals surface area contributed by atoms with Crippen molar-refractivity contribution >= 4 is 17.8 Å². The van der Waals surface area contributed by atoms with Crippen LogP contribution >= 0.6 is 0 Å². The first-order valence-corrected chi connectivity index (χ1v) is 11.4. The zero-order valence-electron chi connectivity index (χ0n) is 20.0. The maximum atomic E-state index is 13.9. The van der Waals surface area contributed by atoms with Crippen LogP contribution in [0.3, 0.4) is 0 Å². The van der Waals surface area contributed by atoms with Gasteiger partial charge in [-0.2, -0.15) is 5.10 Å². The van der Waals surface area contributed by atoms with Crippen molar-refractivity contribution in [2.75, 3.05) is 38.7 Å². The number of halogens is 2. The number of nitrogens with zero attached hydrogens (tertiary/aromatic N) is 3. The number of benzene rings is 2. The summed E-state index contributed by atoms with van der Waals surface area (Å²) in [5.41, 5.74) is 7.65. The van der Waals surface area contributed by atoms with Crippen LogP contribution in [0.1, 0.15) is 21.8 Å². The number of nitrogens with one attached hydrogen (secondary N) is 2. The van der Waals surface area contributed by atoms with Crippen LogP contribution in [0.5, 0.6) is 0 Å². The van der Waals surface area contributed by atoms with Gasteiger partial charge in [0.15, 0.2) is 11.6 Å². The second-order valence-electron chi connectivity index (χ2n) is 8.72. The van der Waals surface area contributed by atoms with Gasteiger partial charge in [-0.15, -0.1) is 0 Å². The average Bonchev–Trinajstić information content (AvgIpc) is 3.42. The molecule has 190 valence electrons. The Morgan fingerprint density at radius 3 is 2.53 bits per heavy atom. The van der Waals surface area contributed by atoms with E-state index >= 15 is 0 Å². The molecule has 11 heteroatoms. The van der Waals surface area contributed by atoms with Gasteiger partial charge in [0.25, 0.3) is 0 Å². The molecule has 2 heterocycles. The van der Waals surface area contributed by atoms with Gasteiger partial charge >= 0.3 is 6.03 Å². The van der Waals surface area contributed by atoms with Crippen LogP contribution in [-0.4, -0.2) is 66.0 Å². The number of aryl methyl sites for hydroxylation is 1. The normalized spacial score (nSPS) is 17.8. The molecule has 9 nitrogen and oxygen atoms in total. The number of nitrogens with two attached hydrogens (primary N) is 1. The van der Waals surface area contributed by atoms with Gasteiger partial charge in [-0.05, 0) is 29.8 Å². The lowest BCUT2D eigenvalue weighted by molar-refractivity contribution is 0.1000. The fourth-order valence-electron chi connectivity index (χ4n) is 4.37. The molecule has 4 rings (SSSR count). The molecular formula is C25H28F2N6O3. The number of hydrogen-bond donors (Lipinski definition) is 3. The van der Waals surface area contributed by atoms with Crippen molar-refractivity contribution in [2.24, 2.45) is 12.8 Å². The molecule has 0 radical (unpaired) electrons. The van der Waals surface area contributed by atoms with E-state index in [4.69, 9.17) is 10.5 Å². The molecule has 0 unspecified atom stereocenters. The summed E-state index contributed by atoms with van der Waals surface area (Å²) < 4.78 is 34.1. The SMILES string of the molecule is COCCN1C[C@@H](NC(=O)Nc2cc(-c3ccc(C(N)=O)cc3)nn2C)[C@H](c2ccc(F)c(F)c2)C1. The Balaban J connectivity index is 1.47. The summed E-state index contributed by atoms with van der Waals surface area (Å²) in [5.74, 6) is -2.12. The highest BCUT2D eigenvalue weighted by atomic mass is 19.2. The van der Waals surface area contributed by atoms with Gasteiger partial charge in [-0.1, -0.05) is 18.2 Å². The largest absolute Gasteiger partial charge is 0.383 e. The molecule has 3 amide bonds. The van der Waals surface area contributed by atoms with Crippen molar-refractivity contribution in [1.29, 1.82) is 0 Å². The van der Waals surface area contributed by atoms with E-state index in [1.54, 1.807) is 50.6 Å². The number of ether oxygens (including phenoxy) is 1. The van der Waals surface area contributed by atoms with Crippen molar-refractivity contribution < 1.29 is 23.1 Å². The average molecular weight is 499 g/mol. The van der Waals surface area contributed by atoms with Crippen LogP contribution in [-0.2, 0) is 11.8 Å². The van der Waals surface area contributed by atoms with Crippen LogP contribution in [0.4, 0.5) is 19.4 Å². The van der Waals surface area contributed by atoms with Crippen LogP contribution < -0.4 is 16.4 Å². The third-order valence-electron chi connectivity index (χ3n) is 6.28. The molecular weight excluding hydrogens is 470 g/mol. The highest BCUT2D eigenvalue weighted by Crippen LogP contribution is 2.29. The summed E-state index contributed by atoms with van der Waals surface area (Å²) >= 11 is 0. The molecule has 0 bridgehead atoms. The number of carbonyl (C=O) groups is 2. The monoisotopic (exact) mass is 498 g/mol. The molecule has 2 atom stereocenters. The predicted octanol–water partition coefficient (Wildman–Crippen LogP) is 2.70. The summed E-state index contributed by atoms with van der Waals surface area (Å²) in [6.07, 6.45) is 0. The van der Waals surface area contributed by atoms with Crippen molar-refractivity contribution in [3.63, 3.8) is 0 Å². The number of amides is 3. The number of carbonyl (C=O) groups excluding carboxylic acids is 2. The Morgan fingerprint density at radius 2 is 1.86 bits per heavy atom. The van der Waals surface area contributed by atoms with E-state index in [0.717, 1.165) is 11.6 Å². The van der Waals surface area contributed by atoms with Crippen LogP contribution in [0.15, 0.2) is 48.5 Å². The lowest BCUT2D eigenvalue weighted by Gasteiger charge is -2.20. The topological polar surface area (TPSA) is 115 Å². The minimum Gasteiger partial charge on any atom is -0.383 e. The number of methoxy groups -OCH3 is 1. The van der Waals surface area contributed by atoms with Gasteiger partial charge in [0.05, 0.1) is 18.3 Å². The quantitative estimate of drug-likeness (QED) is 0.442. The van der Waals surface area contributed by atoms with Crippen molar-refractivity contribution in [1.82, 2.24) is 20.0 Å². The maximum Gasteiger partial charge on any atom is 0.320 e. The van der Waals surface area contributed by atoms with Crippen LogP contribution in [0.25, 0.3) is 11.3 Å². The fourth-order valence-corrected chi connectivity index (χ4v) is 4.37. The zero-order chi connectivity index (χ0) is 25.8. The summed E-state index contributed by atoms with van der Waals surface area (Å²) in [4.78, 5) is 26.3. The molecule has 0 aliphatic carbocycles. The van der Waals surface area contributed by atoms with Gasteiger partial charge in [-0.25, -0.2) is 13.6 Å². The lowest BCUT2D eigenvalue weighted by Crippen LogP contribution is -2.42. The van der Waals surface area contributed by atoms with Crippen molar-refractivity contribution in [3.05, 3.63) is 71.3 Å². The number of primary amides is 1. The molecule has 4 N–H and O–H groups in total. The first-order chi connectivity index (χ1) is 17.2. The fraction of sp³-hybridized carbons (Fsp3) is 0.320. The van der Waals surface area contributed by atoms with Gasteiger partial charge < -0.3 is 15.8 Å². The third-order valence-corrected chi connectivity index (χ3v) is 6.28. The first-order valence-electron chi connectivity index (χ1n) is 11.4. The molecule has 1 aromatic heterocycles. The first kappa shape index (κ1) is 25.3. The molecule has 1 aliphatic rings. The van der Waals surface area contributed by atoms with Crippen molar-refractivity contribution in [3.8, 4) is 11.3 Å². The Kier molecular flexibility index (Phi) is 7.61. The molecule has 1 fully saturated rings. The van der Waals surface area contributed by atoms with Crippen molar-refractivity contribution in [2.45, 2.75) is 12.0 Å². The van der Waals surface area contributed by atoms with Gasteiger partial charge in [0, 0.05) is 56.9 Å².